The number of hydrogen-bond acceptors (Lipinski definition) is 4. The smallest absolute Gasteiger partial charge is 0.316 e. The molecular weight excluding hydrogens is 389 g/mol. The van der Waals surface area contributed by atoms with E-state index in [1.807, 2.05) is 0 Å². The molecule has 0 radical (unpaired) electrons. The number of rotatable bonds is 3. The second kappa shape index (κ2) is 6.80. The average molecular weight is 401 g/mol. The van der Waals surface area contributed by atoms with Crippen molar-refractivity contribution in [1.82, 2.24) is 14.9 Å². The van der Waals surface area contributed by atoms with Gasteiger partial charge in [-0.2, -0.15) is 0 Å². The molecule has 1 amide bonds. The third-order valence-corrected chi connectivity index (χ3v) is 4.18. The van der Waals surface area contributed by atoms with Crippen LogP contribution >= 0.6 is 27.5 Å². The lowest BCUT2D eigenvalue weighted by Crippen LogP contribution is -2.31. The standard InChI is InChI=1S/C15H12BrClFN3O2/c16-9-6-19-15(20-7-9)23-11-3-4-21(8-11)14(22)12-2-1-10(18)5-13(12)17/h1-2,5-7,11H,3-4,8H2/t11-/m0/s1. The predicted octanol–water partition coefficient (Wildman–Crippen LogP) is 3.33. The molecule has 1 aromatic heterocycles. The number of carbonyl (C=O) groups excluding carboxylic acids is 1. The van der Waals surface area contributed by atoms with Crippen LogP contribution in [0.1, 0.15) is 16.8 Å². The summed E-state index contributed by atoms with van der Waals surface area (Å²) in [4.78, 5) is 22.2. The monoisotopic (exact) mass is 399 g/mol. The molecule has 8 heteroatoms. The van der Waals surface area contributed by atoms with Crippen molar-refractivity contribution < 1.29 is 13.9 Å². The van der Waals surface area contributed by atoms with Crippen LogP contribution in [-0.2, 0) is 0 Å². The number of benzene rings is 1. The second-order valence-electron chi connectivity index (χ2n) is 5.09. The van der Waals surface area contributed by atoms with Crippen LogP contribution in [-0.4, -0.2) is 40.0 Å². The van der Waals surface area contributed by atoms with Crippen LogP contribution in [0, 0.1) is 5.82 Å². The molecule has 23 heavy (non-hydrogen) atoms. The number of ether oxygens (including phenoxy) is 1. The van der Waals surface area contributed by atoms with Gasteiger partial charge < -0.3 is 9.64 Å². The zero-order chi connectivity index (χ0) is 16.4. The molecule has 1 fully saturated rings. The van der Waals surface area contributed by atoms with E-state index < -0.39 is 5.82 Å². The minimum absolute atomic E-state index is 0.107. The highest BCUT2D eigenvalue weighted by molar-refractivity contribution is 9.10. The topological polar surface area (TPSA) is 55.3 Å². The number of carbonyl (C=O) groups is 1. The summed E-state index contributed by atoms with van der Waals surface area (Å²) in [6, 6.07) is 4.02. The quantitative estimate of drug-likeness (QED) is 0.793. The molecule has 120 valence electrons. The molecule has 0 aliphatic carbocycles. The Morgan fingerprint density at radius 2 is 2.13 bits per heavy atom. The molecule has 0 spiro atoms. The summed E-state index contributed by atoms with van der Waals surface area (Å²) in [7, 11) is 0. The van der Waals surface area contributed by atoms with E-state index in [0.29, 0.717) is 19.5 Å². The zero-order valence-corrected chi connectivity index (χ0v) is 14.2. The molecule has 2 aromatic rings. The number of amides is 1. The van der Waals surface area contributed by atoms with Gasteiger partial charge in [0.1, 0.15) is 11.9 Å². The number of aromatic nitrogens is 2. The molecule has 0 N–H and O–H groups in total. The van der Waals surface area contributed by atoms with Gasteiger partial charge >= 0.3 is 6.01 Å². The third kappa shape index (κ3) is 3.79. The normalized spacial score (nSPS) is 17.3. The Morgan fingerprint density at radius 1 is 1.39 bits per heavy atom. The van der Waals surface area contributed by atoms with Crippen molar-refractivity contribution >= 4 is 33.4 Å². The molecule has 1 aromatic carbocycles. The number of hydrogen-bond donors (Lipinski definition) is 0. The van der Waals surface area contributed by atoms with Crippen LogP contribution < -0.4 is 4.74 Å². The number of likely N-dealkylation sites (tertiary alicyclic amines) is 1. The summed E-state index contributed by atoms with van der Waals surface area (Å²) in [5, 5.41) is 0.107. The highest BCUT2D eigenvalue weighted by Gasteiger charge is 2.29. The highest BCUT2D eigenvalue weighted by atomic mass is 79.9. The van der Waals surface area contributed by atoms with Gasteiger partial charge in [-0.05, 0) is 34.1 Å². The fourth-order valence-electron chi connectivity index (χ4n) is 2.35. The maximum absolute atomic E-state index is 13.1. The lowest BCUT2D eigenvalue weighted by molar-refractivity contribution is 0.0770. The minimum atomic E-state index is -0.471. The van der Waals surface area contributed by atoms with E-state index in [0.717, 1.165) is 10.5 Å². The molecule has 3 rings (SSSR count). The van der Waals surface area contributed by atoms with Crippen LogP contribution in [0.5, 0.6) is 6.01 Å². The first-order chi connectivity index (χ1) is 11.0. The van der Waals surface area contributed by atoms with Crippen molar-refractivity contribution in [2.24, 2.45) is 0 Å². The Hall–Kier alpha value is -1.73. The van der Waals surface area contributed by atoms with Crippen LogP contribution in [0.4, 0.5) is 4.39 Å². The second-order valence-corrected chi connectivity index (χ2v) is 6.41. The molecule has 2 heterocycles. The fourth-order valence-corrected chi connectivity index (χ4v) is 2.81. The Morgan fingerprint density at radius 3 is 2.83 bits per heavy atom. The van der Waals surface area contributed by atoms with Crippen molar-refractivity contribution in [2.45, 2.75) is 12.5 Å². The van der Waals surface area contributed by atoms with Crippen molar-refractivity contribution in [3.05, 3.63) is 51.5 Å². The first-order valence-corrected chi connectivity index (χ1v) is 8.08. The van der Waals surface area contributed by atoms with Gasteiger partial charge in [-0.15, -0.1) is 0 Å². The summed E-state index contributed by atoms with van der Waals surface area (Å²) >= 11 is 9.19. The summed E-state index contributed by atoms with van der Waals surface area (Å²) < 4.78 is 19.5. The maximum atomic E-state index is 13.1. The first kappa shape index (κ1) is 16.1. The minimum Gasteiger partial charge on any atom is -0.458 e. The number of nitrogens with zero attached hydrogens (tertiary/aromatic N) is 3. The maximum Gasteiger partial charge on any atom is 0.316 e. The lowest BCUT2D eigenvalue weighted by atomic mass is 10.2. The highest BCUT2D eigenvalue weighted by Crippen LogP contribution is 2.22. The van der Waals surface area contributed by atoms with E-state index >= 15 is 0 Å². The summed E-state index contributed by atoms with van der Waals surface area (Å²) in [6.45, 7) is 0.944. The van der Waals surface area contributed by atoms with E-state index in [1.54, 1.807) is 17.3 Å². The van der Waals surface area contributed by atoms with Crippen molar-refractivity contribution in [3.63, 3.8) is 0 Å². The molecule has 0 saturated carbocycles. The molecule has 5 nitrogen and oxygen atoms in total. The van der Waals surface area contributed by atoms with Crippen LogP contribution in [0.3, 0.4) is 0 Å². The third-order valence-electron chi connectivity index (χ3n) is 3.46. The van der Waals surface area contributed by atoms with Gasteiger partial charge in [0.2, 0.25) is 0 Å². The molecular formula is C15H12BrClFN3O2. The fraction of sp³-hybridized carbons (Fsp3) is 0.267. The van der Waals surface area contributed by atoms with E-state index in [9.17, 15) is 9.18 Å². The van der Waals surface area contributed by atoms with Crippen molar-refractivity contribution in [3.8, 4) is 6.01 Å². The Labute approximate surface area is 145 Å². The summed E-state index contributed by atoms with van der Waals surface area (Å²) in [5.41, 5.74) is 0.286. The van der Waals surface area contributed by atoms with Gasteiger partial charge in [0, 0.05) is 25.4 Å². The molecule has 0 unspecified atom stereocenters. The average Bonchev–Trinajstić information content (AvgIpc) is 2.97. The van der Waals surface area contributed by atoms with Gasteiger partial charge in [0.25, 0.3) is 5.91 Å². The van der Waals surface area contributed by atoms with Gasteiger partial charge in [-0.3, -0.25) is 4.79 Å². The van der Waals surface area contributed by atoms with Crippen molar-refractivity contribution in [2.75, 3.05) is 13.1 Å². The lowest BCUT2D eigenvalue weighted by Gasteiger charge is -2.17. The van der Waals surface area contributed by atoms with Crippen LogP contribution in [0.15, 0.2) is 35.1 Å². The van der Waals surface area contributed by atoms with Crippen LogP contribution in [0.25, 0.3) is 0 Å². The van der Waals surface area contributed by atoms with E-state index in [-0.39, 0.29) is 28.6 Å². The Bertz CT molecular complexity index is 729. The van der Waals surface area contributed by atoms with E-state index in [4.69, 9.17) is 16.3 Å². The van der Waals surface area contributed by atoms with Gasteiger partial charge in [-0.25, -0.2) is 14.4 Å². The molecule has 1 aliphatic rings. The predicted molar refractivity (Wildman–Crippen MR) is 86.1 cm³/mol. The first-order valence-electron chi connectivity index (χ1n) is 6.91. The van der Waals surface area contributed by atoms with Crippen LogP contribution in [0.2, 0.25) is 5.02 Å². The molecule has 1 atom stereocenters. The van der Waals surface area contributed by atoms with E-state index in [2.05, 4.69) is 25.9 Å². The van der Waals surface area contributed by atoms with Gasteiger partial charge in [0.15, 0.2) is 0 Å². The Kier molecular flexibility index (Phi) is 4.77. The molecule has 1 saturated heterocycles. The SMILES string of the molecule is O=C(c1ccc(F)cc1Cl)N1CC[C@H](Oc2ncc(Br)cn2)C1. The van der Waals surface area contributed by atoms with Gasteiger partial charge in [-0.1, -0.05) is 11.6 Å². The van der Waals surface area contributed by atoms with Gasteiger partial charge in [0.05, 0.1) is 21.6 Å². The largest absolute Gasteiger partial charge is 0.458 e. The van der Waals surface area contributed by atoms with E-state index in [1.165, 1.54) is 12.1 Å². The zero-order valence-electron chi connectivity index (χ0n) is 11.9. The molecule has 0 bridgehead atoms. The summed E-state index contributed by atoms with van der Waals surface area (Å²) in [5.74, 6) is -0.709. The summed E-state index contributed by atoms with van der Waals surface area (Å²) in [6.07, 6.45) is 3.68. The van der Waals surface area contributed by atoms with Crippen molar-refractivity contribution in [1.29, 1.82) is 0 Å². The molecule has 1 aliphatic heterocycles. The number of halogens is 3. The Balaban J connectivity index is 1.65.